The van der Waals surface area contributed by atoms with E-state index in [1.807, 2.05) is 6.07 Å². The van der Waals surface area contributed by atoms with E-state index < -0.39 is 0 Å². The fourth-order valence-electron chi connectivity index (χ4n) is 1.57. The summed E-state index contributed by atoms with van der Waals surface area (Å²) in [7, 11) is 2.05. The van der Waals surface area contributed by atoms with Crippen molar-refractivity contribution in [1.29, 1.82) is 0 Å². The molecule has 1 rings (SSSR count). The van der Waals surface area contributed by atoms with Gasteiger partial charge < -0.3 is 0 Å². The summed E-state index contributed by atoms with van der Waals surface area (Å²) in [6, 6.07) is 10.5. The van der Waals surface area contributed by atoms with E-state index in [9.17, 15) is 0 Å². The summed E-state index contributed by atoms with van der Waals surface area (Å²) >= 11 is 0. The van der Waals surface area contributed by atoms with E-state index in [0.29, 0.717) is 5.92 Å². The molecule has 14 heavy (non-hydrogen) atoms. The highest BCUT2D eigenvalue weighted by Crippen LogP contribution is 2.14. The lowest BCUT2D eigenvalue weighted by Crippen LogP contribution is -2.23. The van der Waals surface area contributed by atoms with Crippen LogP contribution in [0.1, 0.15) is 18.4 Å². The van der Waals surface area contributed by atoms with Gasteiger partial charge in [-0.05, 0) is 18.5 Å². The number of rotatable bonds is 4. The van der Waals surface area contributed by atoms with Crippen LogP contribution >= 0.6 is 0 Å². The zero-order valence-electron chi connectivity index (χ0n) is 8.90. The van der Waals surface area contributed by atoms with Crippen LogP contribution in [0, 0.1) is 12.3 Å². The molecule has 0 amide bonds. The van der Waals surface area contributed by atoms with Crippen molar-refractivity contribution in [2.24, 2.45) is 0 Å². The van der Waals surface area contributed by atoms with Crippen molar-refractivity contribution in [2.75, 3.05) is 20.1 Å². The molecular weight excluding hydrogens is 170 g/mol. The summed E-state index contributed by atoms with van der Waals surface area (Å²) in [5.74, 6) is 3.19. The summed E-state index contributed by atoms with van der Waals surface area (Å²) in [5.41, 5.74) is 1.37. The normalized spacial score (nSPS) is 12.4. The summed E-state index contributed by atoms with van der Waals surface area (Å²) in [6.45, 7) is 3.95. The fourth-order valence-corrected chi connectivity index (χ4v) is 1.57. The molecule has 1 heteroatoms. The maximum atomic E-state index is 5.25. The van der Waals surface area contributed by atoms with E-state index in [-0.39, 0.29) is 0 Å². The molecular formula is C13H17N. The highest BCUT2D eigenvalue weighted by Gasteiger charge is 2.06. The molecule has 0 radical (unpaired) electrons. The molecule has 0 unspecified atom stereocenters. The Labute approximate surface area is 86.7 Å². The molecule has 0 aliphatic carbocycles. The van der Waals surface area contributed by atoms with Crippen LogP contribution in [0.15, 0.2) is 30.3 Å². The average molecular weight is 187 g/mol. The zero-order chi connectivity index (χ0) is 10.4. The van der Waals surface area contributed by atoms with Crippen molar-refractivity contribution in [3.05, 3.63) is 35.9 Å². The van der Waals surface area contributed by atoms with E-state index >= 15 is 0 Å². The number of benzene rings is 1. The van der Waals surface area contributed by atoms with Gasteiger partial charge in [-0.3, -0.25) is 4.90 Å². The molecule has 0 saturated heterocycles. The molecule has 0 heterocycles. The second kappa shape index (κ2) is 5.47. The van der Waals surface area contributed by atoms with Gasteiger partial charge in [0.1, 0.15) is 0 Å². The Morgan fingerprint density at radius 2 is 2.00 bits per heavy atom. The summed E-state index contributed by atoms with van der Waals surface area (Å²) in [6.07, 6.45) is 5.25. The number of hydrogen-bond acceptors (Lipinski definition) is 1. The minimum atomic E-state index is 0.537. The van der Waals surface area contributed by atoms with Gasteiger partial charge in [0.25, 0.3) is 0 Å². The number of terminal acetylenes is 1. The van der Waals surface area contributed by atoms with Crippen molar-refractivity contribution in [3.8, 4) is 12.3 Å². The third-order valence-corrected chi connectivity index (χ3v) is 2.32. The molecule has 1 aromatic rings. The predicted molar refractivity (Wildman–Crippen MR) is 61.2 cm³/mol. The van der Waals surface area contributed by atoms with Crippen LogP contribution in [0.5, 0.6) is 0 Å². The van der Waals surface area contributed by atoms with E-state index in [0.717, 1.165) is 13.1 Å². The van der Waals surface area contributed by atoms with Crippen molar-refractivity contribution >= 4 is 0 Å². The van der Waals surface area contributed by atoms with Crippen LogP contribution in [0.2, 0.25) is 0 Å². The highest BCUT2D eigenvalue weighted by molar-refractivity contribution is 5.19. The van der Waals surface area contributed by atoms with Gasteiger partial charge in [-0.15, -0.1) is 6.42 Å². The Bertz CT molecular complexity index is 297. The van der Waals surface area contributed by atoms with E-state index in [1.165, 1.54) is 5.56 Å². The van der Waals surface area contributed by atoms with Crippen LogP contribution in [0.3, 0.4) is 0 Å². The van der Waals surface area contributed by atoms with E-state index in [2.05, 4.69) is 49.1 Å². The van der Waals surface area contributed by atoms with Crippen LogP contribution in [0.25, 0.3) is 0 Å². The number of hydrogen-bond donors (Lipinski definition) is 0. The third kappa shape index (κ3) is 3.24. The first-order valence-corrected chi connectivity index (χ1v) is 4.91. The molecule has 1 aromatic carbocycles. The van der Waals surface area contributed by atoms with Crippen molar-refractivity contribution in [3.63, 3.8) is 0 Å². The minimum absolute atomic E-state index is 0.537. The molecule has 0 spiro atoms. The van der Waals surface area contributed by atoms with Crippen LogP contribution in [0.4, 0.5) is 0 Å². The second-order valence-electron chi connectivity index (χ2n) is 3.71. The lowest BCUT2D eigenvalue weighted by molar-refractivity contribution is 0.354. The topological polar surface area (TPSA) is 3.24 Å². The smallest absolute Gasteiger partial charge is 0.0596 e. The first-order chi connectivity index (χ1) is 6.74. The molecule has 0 aromatic heterocycles. The van der Waals surface area contributed by atoms with Crippen LogP contribution in [-0.4, -0.2) is 25.0 Å². The van der Waals surface area contributed by atoms with Crippen molar-refractivity contribution < 1.29 is 0 Å². The van der Waals surface area contributed by atoms with Gasteiger partial charge in [-0.2, -0.15) is 0 Å². The first-order valence-electron chi connectivity index (χ1n) is 4.91. The Morgan fingerprint density at radius 3 is 2.57 bits per heavy atom. The number of likely N-dealkylation sites (N-methyl/N-ethyl adjacent to an activating group) is 1. The van der Waals surface area contributed by atoms with Gasteiger partial charge in [0, 0.05) is 6.54 Å². The molecule has 74 valence electrons. The van der Waals surface area contributed by atoms with Gasteiger partial charge in [0.15, 0.2) is 0 Å². The Kier molecular flexibility index (Phi) is 4.22. The molecule has 1 nitrogen and oxygen atoms in total. The molecule has 0 aliphatic heterocycles. The van der Waals surface area contributed by atoms with Gasteiger partial charge in [0.05, 0.1) is 6.54 Å². The SMILES string of the molecule is C#CCN(C)C[C@@H](C)c1ccccc1. The quantitative estimate of drug-likeness (QED) is 0.654. The molecule has 0 fully saturated rings. The number of nitrogens with zero attached hydrogens (tertiary/aromatic N) is 1. The van der Waals surface area contributed by atoms with Gasteiger partial charge in [0.2, 0.25) is 0 Å². The van der Waals surface area contributed by atoms with Gasteiger partial charge in [-0.1, -0.05) is 43.2 Å². The Hall–Kier alpha value is -1.26. The monoisotopic (exact) mass is 187 g/mol. The molecule has 0 N–H and O–H groups in total. The van der Waals surface area contributed by atoms with Gasteiger partial charge >= 0.3 is 0 Å². The molecule has 0 aliphatic rings. The Balaban J connectivity index is 2.51. The molecule has 0 saturated carbocycles. The summed E-state index contributed by atoms with van der Waals surface area (Å²) < 4.78 is 0. The Morgan fingerprint density at radius 1 is 1.36 bits per heavy atom. The maximum Gasteiger partial charge on any atom is 0.0596 e. The van der Waals surface area contributed by atoms with E-state index in [4.69, 9.17) is 6.42 Å². The van der Waals surface area contributed by atoms with E-state index in [1.54, 1.807) is 0 Å². The lowest BCUT2D eigenvalue weighted by Gasteiger charge is -2.19. The predicted octanol–water partition coefficient (Wildman–Crippen LogP) is 2.36. The van der Waals surface area contributed by atoms with Crippen molar-refractivity contribution in [1.82, 2.24) is 4.90 Å². The fraction of sp³-hybridized carbons (Fsp3) is 0.385. The molecule has 1 atom stereocenters. The van der Waals surface area contributed by atoms with Gasteiger partial charge in [-0.25, -0.2) is 0 Å². The van der Waals surface area contributed by atoms with Crippen LogP contribution in [-0.2, 0) is 0 Å². The summed E-state index contributed by atoms with van der Waals surface area (Å²) in [5, 5.41) is 0. The van der Waals surface area contributed by atoms with Crippen LogP contribution < -0.4 is 0 Å². The zero-order valence-corrected chi connectivity index (χ0v) is 8.90. The second-order valence-corrected chi connectivity index (χ2v) is 3.71. The maximum absolute atomic E-state index is 5.25. The highest BCUT2D eigenvalue weighted by atomic mass is 15.1. The largest absolute Gasteiger partial charge is 0.295 e. The molecule has 0 bridgehead atoms. The average Bonchev–Trinajstić information content (AvgIpc) is 2.19. The lowest BCUT2D eigenvalue weighted by atomic mass is 10.0. The van der Waals surface area contributed by atoms with Crippen molar-refractivity contribution in [2.45, 2.75) is 12.8 Å². The standard InChI is InChI=1S/C13H17N/c1-4-10-14(3)11-12(2)13-8-6-5-7-9-13/h1,5-9,12H,10-11H2,2-3H3/t12-/m1/s1. The third-order valence-electron chi connectivity index (χ3n) is 2.32. The summed E-state index contributed by atoms with van der Waals surface area (Å²) in [4.78, 5) is 2.16. The minimum Gasteiger partial charge on any atom is -0.295 e. The first kappa shape index (κ1) is 10.8.